The van der Waals surface area contributed by atoms with Crippen LogP contribution in [-0.2, 0) is 14.3 Å². The molecule has 0 unspecified atom stereocenters. The maximum atomic E-state index is 13.0. The highest BCUT2D eigenvalue weighted by Crippen LogP contribution is 2.67. The van der Waals surface area contributed by atoms with Gasteiger partial charge in [0, 0.05) is 13.0 Å². The molecule has 3 fully saturated rings. The van der Waals surface area contributed by atoms with Gasteiger partial charge in [0.05, 0.1) is 6.10 Å². The number of nitrogens with zero attached hydrogens (tertiary/aromatic N) is 1. The number of carbonyl (C=O) groups is 2. The Morgan fingerprint density at radius 2 is 1.86 bits per heavy atom. The molecule has 0 aromatic carbocycles. The first kappa shape index (κ1) is 28.6. The second-order valence-corrected chi connectivity index (χ2v) is 14.4. The molecule has 0 bridgehead atoms. The fourth-order valence-electron chi connectivity index (χ4n) is 9.23. The summed E-state index contributed by atoms with van der Waals surface area (Å²) in [6.45, 7) is 15.5. The number of carbonyl (C=O) groups excluding carboxylic acids is 2. The number of hydrogen-bond acceptors (Lipinski definition) is 4. The Kier molecular flexibility index (Phi) is 8.25. The lowest BCUT2D eigenvalue weighted by atomic mass is 9.47. The normalized spacial score (nSPS) is 38.1. The fraction of sp³-hybridized carbons (Fsp3) is 0.875. The molecule has 1 N–H and O–H groups in total. The molecule has 37 heavy (non-hydrogen) atoms. The Morgan fingerprint density at radius 3 is 2.54 bits per heavy atom. The highest BCUT2D eigenvalue weighted by molar-refractivity contribution is 5.82. The zero-order chi connectivity index (χ0) is 27.2. The van der Waals surface area contributed by atoms with Crippen LogP contribution < -0.4 is 0 Å². The SMILES string of the molecule is CCN(CC(=O)OC(C)(C)C)C(=O)CC[C@@H](C)[C@H]1CC[C@H]2[C@@H]3CC=C4C[C@@H](O)CC[C@]4(C)[C@H]3CC[C@]12C. The highest BCUT2D eigenvalue weighted by atomic mass is 16.6. The van der Waals surface area contributed by atoms with Gasteiger partial charge in [-0.05, 0) is 126 Å². The van der Waals surface area contributed by atoms with E-state index in [1.54, 1.807) is 10.5 Å². The number of aliphatic hydroxyl groups excluding tert-OH is 1. The van der Waals surface area contributed by atoms with Gasteiger partial charge in [-0.15, -0.1) is 0 Å². The van der Waals surface area contributed by atoms with Crippen molar-refractivity contribution in [3.8, 4) is 0 Å². The van der Waals surface area contributed by atoms with Crippen molar-refractivity contribution in [2.24, 2.45) is 40.4 Å². The largest absolute Gasteiger partial charge is 0.459 e. The average molecular weight is 516 g/mol. The van der Waals surface area contributed by atoms with Gasteiger partial charge in [-0.1, -0.05) is 32.4 Å². The zero-order valence-corrected chi connectivity index (χ0v) is 24.6. The van der Waals surface area contributed by atoms with Crippen LogP contribution in [0.1, 0.15) is 113 Å². The second-order valence-electron chi connectivity index (χ2n) is 14.4. The van der Waals surface area contributed by atoms with Gasteiger partial charge >= 0.3 is 5.97 Å². The summed E-state index contributed by atoms with van der Waals surface area (Å²) in [5.41, 5.74) is 1.66. The third kappa shape index (κ3) is 5.68. The van der Waals surface area contributed by atoms with Crippen LogP contribution in [0.3, 0.4) is 0 Å². The molecule has 5 heteroatoms. The van der Waals surface area contributed by atoms with Crippen LogP contribution in [0.2, 0.25) is 0 Å². The molecule has 0 saturated heterocycles. The van der Waals surface area contributed by atoms with Crippen LogP contribution in [0.15, 0.2) is 11.6 Å². The lowest BCUT2D eigenvalue weighted by Crippen LogP contribution is -2.50. The van der Waals surface area contributed by atoms with Gasteiger partial charge in [-0.25, -0.2) is 0 Å². The molecule has 0 aliphatic heterocycles. The maximum absolute atomic E-state index is 13.0. The number of esters is 1. The van der Waals surface area contributed by atoms with Gasteiger partial charge in [-0.3, -0.25) is 9.59 Å². The van der Waals surface area contributed by atoms with Crippen molar-refractivity contribution < 1.29 is 19.4 Å². The van der Waals surface area contributed by atoms with Crippen LogP contribution in [0.4, 0.5) is 0 Å². The number of fused-ring (bicyclic) bond motifs is 5. The van der Waals surface area contributed by atoms with E-state index in [2.05, 4.69) is 26.8 Å². The molecule has 0 spiro atoms. The van der Waals surface area contributed by atoms with E-state index in [1.807, 2.05) is 27.7 Å². The Morgan fingerprint density at radius 1 is 1.14 bits per heavy atom. The van der Waals surface area contributed by atoms with Crippen molar-refractivity contribution in [3.05, 3.63) is 11.6 Å². The molecule has 4 rings (SSSR count). The summed E-state index contributed by atoms with van der Waals surface area (Å²) < 4.78 is 5.44. The monoisotopic (exact) mass is 515 g/mol. The molecule has 8 atom stereocenters. The number of aliphatic hydroxyl groups is 1. The summed E-state index contributed by atoms with van der Waals surface area (Å²) >= 11 is 0. The van der Waals surface area contributed by atoms with Crippen molar-refractivity contribution >= 4 is 11.9 Å². The summed E-state index contributed by atoms with van der Waals surface area (Å²) in [7, 11) is 0. The van der Waals surface area contributed by atoms with Crippen LogP contribution in [0.5, 0.6) is 0 Å². The number of rotatable bonds is 7. The average Bonchev–Trinajstić information content (AvgIpc) is 3.17. The van der Waals surface area contributed by atoms with Gasteiger partial charge < -0.3 is 14.7 Å². The molecule has 0 heterocycles. The standard InChI is InChI=1S/C32H53NO4/c1-8-33(20-29(36)37-30(3,4)5)28(35)14-9-21(2)25-12-13-26-24-11-10-22-19-23(34)15-17-31(22,6)27(24)16-18-32(25,26)7/h10,21,23-27,34H,8-9,11-20H2,1-7H3/t21-,23+,24+,25-,26+,27+,31+,32-/m1/s1. The van der Waals surface area contributed by atoms with Gasteiger partial charge in [0.15, 0.2) is 0 Å². The molecule has 4 aliphatic rings. The van der Waals surface area contributed by atoms with E-state index >= 15 is 0 Å². The van der Waals surface area contributed by atoms with Crippen molar-refractivity contribution in [2.45, 2.75) is 124 Å². The van der Waals surface area contributed by atoms with E-state index in [4.69, 9.17) is 4.74 Å². The zero-order valence-electron chi connectivity index (χ0n) is 24.6. The van der Waals surface area contributed by atoms with E-state index in [0.29, 0.717) is 30.2 Å². The molecule has 3 saturated carbocycles. The van der Waals surface area contributed by atoms with Crippen molar-refractivity contribution in [1.82, 2.24) is 4.90 Å². The minimum atomic E-state index is -0.535. The third-order valence-electron chi connectivity index (χ3n) is 11.1. The van der Waals surface area contributed by atoms with Crippen LogP contribution in [-0.4, -0.2) is 46.7 Å². The summed E-state index contributed by atoms with van der Waals surface area (Å²) in [5.74, 6) is 3.22. The topological polar surface area (TPSA) is 66.8 Å². The van der Waals surface area contributed by atoms with E-state index in [0.717, 1.165) is 43.4 Å². The second kappa shape index (κ2) is 10.7. The Balaban J connectivity index is 1.37. The molecule has 4 aliphatic carbocycles. The number of hydrogen-bond donors (Lipinski definition) is 1. The van der Waals surface area contributed by atoms with Crippen molar-refractivity contribution in [1.29, 1.82) is 0 Å². The fourth-order valence-corrected chi connectivity index (χ4v) is 9.23. The number of likely N-dealkylation sites (N-methyl/N-ethyl adjacent to an activating group) is 1. The quantitative estimate of drug-likeness (QED) is 0.309. The first-order chi connectivity index (χ1) is 17.3. The highest BCUT2D eigenvalue weighted by Gasteiger charge is 2.59. The van der Waals surface area contributed by atoms with Crippen molar-refractivity contribution in [3.63, 3.8) is 0 Å². The molecular weight excluding hydrogens is 462 g/mol. The van der Waals surface area contributed by atoms with Crippen LogP contribution in [0, 0.1) is 40.4 Å². The summed E-state index contributed by atoms with van der Waals surface area (Å²) in [4.78, 5) is 27.0. The Hall–Kier alpha value is -1.36. The van der Waals surface area contributed by atoms with Crippen LogP contribution >= 0.6 is 0 Å². The van der Waals surface area contributed by atoms with Gasteiger partial charge in [0.2, 0.25) is 5.91 Å². The molecule has 0 radical (unpaired) electrons. The van der Waals surface area contributed by atoms with Gasteiger partial charge in [0.1, 0.15) is 12.1 Å². The summed E-state index contributed by atoms with van der Waals surface area (Å²) in [5, 5.41) is 10.3. The third-order valence-corrected chi connectivity index (χ3v) is 11.1. The van der Waals surface area contributed by atoms with E-state index in [-0.39, 0.29) is 29.9 Å². The first-order valence-electron chi connectivity index (χ1n) is 15.2. The molecule has 210 valence electrons. The number of amides is 1. The first-order valence-corrected chi connectivity index (χ1v) is 15.2. The number of allylic oxidation sites excluding steroid dienone is 1. The van der Waals surface area contributed by atoms with E-state index in [1.165, 1.54) is 32.1 Å². The molecular formula is C32H53NO4. The smallest absolute Gasteiger partial charge is 0.326 e. The molecule has 0 aromatic rings. The van der Waals surface area contributed by atoms with Crippen molar-refractivity contribution in [2.75, 3.05) is 13.1 Å². The number of ether oxygens (including phenoxy) is 1. The lowest BCUT2D eigenvalue weighted by Gasteiger charge is -2.58. The predicted molar refractivity (Wildman–Crippen MR) is 148 cm³/mol. The predicted octanol–water partition coefficient (Wildman–Crippen LogP) is 6.53. The minimum absolute atomic E-state index is 0.0403. The van der Waals surface area contributed by atoms with Gasteiger partial charge in [0.25, 0.3) is 0 Å². The Bertz CT molecular complexity index is 890. The summed E-state index contributed by atoms with van der Waals surface area (Å²) in [6, 6.07) is 0. The minimum Gasteiger partial charge on any atom is -0.459 e. The van der Waals surface area contributed by atoms with Gasteiger partial charge in [-0.2, -0.15) is 0 Å². The van der Waals surface area contributed by atoms with E-state index in [9.17, 15) is 14.7 Å². The molecule has 0 aromatic heterocycles. The van der Waals surface area contributed by atoms with E-state index < -0.39 is 5.60 Å². The maximum Gasteiger partial charge on any atom is 0.326 e. The lowest BCUT2D eigenvalue weighted by molar-refractivity contribution is -0.158. The summed E-state index contributed by atoms with van der Waals surface area (Å²) in [6.07, 6.45) is 13.2. The van der Waals surface area contributed by atoms with Crippen LogP contribution in [0.25, 0.3) is 0 Å². The molecule has 5 nitrogen and oxygen atoms in total. The molecule has 1 amide bonds. The Labute approximate surface area is 225 Å².